The number of hydrogen-bond donors (Lipinski definition) is 2. The van der Waals surface area contributed by atoms with E-state index < -0.39 is 0 Å². The predicted molar refractivity (Wildman–Crippen MR) is 56.4 cm³/mol. The molecule has 74 valence electrons. The van der Waals surface area contributed by atoms with Crippen molar-refractivity contribution in [2.45, 2.75) is 26.2 Å². The van der Waals surface area contributed by atoms with Gasteiger partial charge in [-0.3, -0.25) is 5.10 Å². The molecule has 0 radical (unpaired) electrons. The van der Waals surface area contributed by atoms with Gasteiger partial charge in [-0.15, -0.1) is 0 Å². The minimum absolute atomic E-state index is 0.269. The minimum Gasteiger partial charge on any atom is -0.508 e. The molecule has 1 aromatic heterocycles. The molecule has 0 atom stereocenters. The Labute approximate surface area is 82.8 Å². The number of aromatic nitrogens is 2. The molecule has 0 saturated carbocycles. The number of nitrogens with zero attached hydrogens (tertiary/aromatic N) is 1. The van der Waals surface area contributed by atoms with Crippen molar-refractivity contribution < 1.29 is 5.11 Å². The van der Waals surface area contributed by atoms with Crippen LogP contribution >= 0.6 is 0 Å². The highest BCUT2D eigenvalue weighted by Crippen LogP contribution is 2.21. The van der Waals surface area contributed by atoms with Gasteiger partial charge in [0.15, 0.2) is 0 Å². The first-order valence-corrected chi connectivity index (χ1v) is 4.97. The predicted octanol–water partition coefficient (Wildman–Crippen LogP) is 2.61. The molecule has 0 aliphatic carbocycles. The molecular formula is C11H14N2O. The molecule has 0 fully saturated rings. The van der Waals surface area contributed by atoms with Gasteiger partial charge in [-0.1, -0.05) is 13.3 Å². The topological polar surface area (TPSA) is 48.9 Å². The van der Waals surface area contributed by atoms with Gasteiger partial charge >= 0.3 is 0 Å². The van der Waals surface area contributed by atoms with Crippen LogP contribution in [-0.4, -0.2) is 15.3 Å². The maximum absolute atomic E-state index is 9.26. The second-order valence-electron chi connectivity index (χ2n) is 3.51. The lowest BCUT2D eigenvalue weighted by Crippen LogP contribution is -1.84. The third kappa shape index (κ3) is 1.58. The zero-order valence-corrected chi connectivity index (χ0v) is 8.25. The molecule has 0 aliphatic rings. The van der Waals surface area contributed by atoms with Crippen molar-refractivity contribution in [2.75, 3.05) is 0 Å². The summed E-state index contributed by atoms with van der Waals surface area (Å²) in [5.41, 5.74) is 2.01. The van der Waals surface area contributed by atoms with E-state index in [4.69, 9.17) is 0 Å². The zero-order chi connectivity index (χ0) is 9.97. The molecule has 1 aromatic carbocycles. The quantitative estimate of drug-likeness (QED) is 0.781. The fraction of sp³-hybridized carbons (Fsp3) is 0.364. The van der Waals surface area contributed by atoms with E-state index >= 15 is 0 Å². The van der Waals surface area contributed by atoms with Gasteiger partial charge < -0.3 is 5.11 Å². The average molecular weight is 190 g/mol. The first-order chi connectivity index (χ1) is 6.81. The number of rotatable bonds is 3. The van der Waals surface area contributed by atoms with Crippen molar-refractivity contribution in [3.05, 3.63) is 23.9 Å². The van der Waals surface area contributed by atoms with Crippen LogP contribution in [0, 0.1) is 0 Å². The van der Waals surface area contributed by atoms with Crippen LogP contribution in [0.2, 0.25) is 0 Å². The third-order valence-electron chi connectivity index (χ3n) is 2.40. The summed E-state index contributed by atoms with van der Waals surface area (Å²) in [6, 6.07) is 5.30. The number of H-pyrrole nitrogens is 1. The van der Waals surface area contributed by atoms with E-state index in [1.54, 1.807) is 12.1 Å². The highest BCUT2D eigenvalue weighted by molar-refractivity contribution is 5.82. The number of aromatic hydroxyl groups is 1. The Kier molecular flexibility index (Phi) is 2.39. The first kappa shape index (κ1) is 9.06. The number of phenols is 1. The van der Waals surface area contributed by atoms with Gasteiger partial charge in [0, 0.05) is 17.1 Å². The molecular weight excluding hydrogens is 176 g/mol. The number of nitrogens with one attached hydrogen (secondary N) is 1. The van der Waals surface area contributed by atoms with Crippen molar-refractivity contribution in [3.8, 4) is 5.75 Å². The van der Waals surface area contributed by atoms with Crippen molar-refractivity contribution in [1.82, 2.24) is 10.2 Å². The van der Waals surface area contributed by atoms with E-state index in [9.17, 15) is 5.11 Å². The summed E-state index contributed by atoms with van der Waals surface area (Å²) >= 11 is 0. The molecule has 3 nitrogen and oxygen atoms in total. The molecule has 0 bridgehead atoms. The summed E-state index contributed by atoms with van der Waals surface area (Å²) in [4.78, 5) is 0. The zero-order valence-electron chi connectivity index (χ0n) is 8.25. The SMILES string of the molecule is CCCCc1[nH]nc2cc(O)ccc12. The summed E-state index contributed by atoms with van der Waals surface area (Å²) in [6.45, 7) is 2.17. The van der Waals surface area contributed by atoms with Gasteiger partial charge in [0.05, 0.1) is 5.52 Å². The van der Waals surface area contributed by atoms with Crippen LogP contribution in [-0.2, 0) is 6.42 Å². The standard InChI is InChI=1S/C11H14N2O/c1-2-3-4-10-9-6-5-8(14)7-11(9)13-12-10/h5-7,14H,2-4H2,1H3,(H,12,13). The van der Waals surface area contributed by atoms with Gasteiger partial charge in [0.2, 0.25) is 0 Å². The van der Waals surface area contributed by atoms with Crippen LogP contribution in [0.5, 0.6) is 5.75 Å². The summed E-state index contributed by atoms with van der Waals surface area (Å²) < 4.78 is 0. The molecule has 2 rings (SSSR count). The number of hydrogen-bond acceptors (Lipinski definition) is 2. The largest absolute Gasteiger partial charge is 0.508 e. The Morgan fingerprint density at radius 3 is 3.07 bits per heavy atom. The Morgan fingerprint density at radius 1 is 1.43 bits per heavy atom. The van der Waals surface area contributed by atoms with Crippen LogP contribution in [0.3, 0.4) is 0 Å². The van der Waals surface area contributed by atoms with Crippen LogP contribution in [0.4, 0.5) is 0 Å². The van der Waals surface area contributed by atoms with E-state index in [2.05, 4.69) is 17.1 Å². The highest BCUT2D eigenvalue weighted by atomic mass is 16.3. The summed E-state index contributed by atoms with van der Waals surface area (Å²) in [7, 11) is 0. The molecule has 2 aromatic rings. The van der Waals surface area contributed by atoms with E-state index in [1.165, 1.54) is 12.1 Å². The number of aromatic amines is 1. The van der Waals surface area contributed by atoms with Gasteiger partial charge in [-0.05, 0) is 25.0 Å². The molecule has 0 amide bonds. The smallest absolute Gasteiger partial charge is 0.117 e. The molecule has 14 heavy (non-hydrogen) atoms. The Balaban J connectivity index is 2.37. The lowest BCUT2D eigenvalue weighted by atomic mass is 10.1. The second-order valence-corrected chi connectivity index (χ2v) is 3.51. The molecule has 2 N–H and O–H groups in total. The number of unbranched alkanes of at least 4 members (excludes halogenated alkanes) is 1. The molecule has 0 saturated heterocycles. The third-order valence-corrected chi connectivity index (χ3v) is 2.40. The van der Waals surface area contributed by atoms with Crippen molar-refractivity contribution in [2.24, 2.45) is 0 Å². The number of fused-ring (bicyclic) bond motifs is 1. The molecule has 1 heterocycles. The van der Waals surface area contributed by atoms with E-state index in [0.29, 0.717) is 0 Å². The lowest BCUT2D eigenvalue weighted by molar-refractivity contribution is 0.476. The molecule has 0 unspecified atom stereocenters. The van der Waals surface area contributed by atoms with Crippen LogP contribution < -0.4 is 0 Å². The van der Waals surface area contributed by atoms with E-state index in [0.717, 1.165) is 23.7 Å². The summed E-state index contributed by atoms with van der Waals surface area (Å²) in [6.07, 6.45) is 3.37. The van der Waals surface area contributed by atoms with Gasteiger partial charge in [-0.2, -0.15) is 5.10 Å². The van der Waals surface area contributed by atoms with E-state index in [1.807, 2.05) is 6.07 Å². The average Bonchev–Trinajstić information content (AvgIpc) is 2.57. The maximum Gasteiger partial charge on any atom is 0.117 e. The monoisotopic (exact) mass is 190 g/mol. The first-order valence-electron chi connectivity index (χ1n) is 4.97. The van der Waals surface area contributed by atoms with Crippen molar-refractivity contribution in [3.63, 3.8) is 0 Å². The fourth-order valence-corrected chi connectivity index (χ4v) is 1.60. The Bertz CT molecular complexity index is 434. The normalized spacial score (nSPS) is 10.9. The van der Waals surface area contributed by atoms with E-state index in [-0.39, 0.29) is 5.75 Å². The minimum atomic E-state index is 0.269. The summed E-state index contributed by atoms with van der Waals surface area (Å²) in [5.74, 6) is 0.269. The number of benzene rings is 1. The van der Waals surface area contributed by atoms with Gasteiger partial charge in [0.25, 0.3) is 0 Å². The molecule has 0 spiro atoms. The van der Waals surface area contributed by atoms with Crippen LogP contribution in [0.15, 0.2) is 18.2 Å². The Hall–Kier alpha value is -1.51. The summed E-state index contributed by atoms with van der Waals surface area (Å²) in [5, 5.41) is 17.5. The van der Waals surface area contributed by atoms with Gasteiger partial charge in [-0.25, -0.2) is 0 Å². The number of phenolic OH excluding ortho intramolecular Hbond substituents is 1. The highest BCUT2D eigenvalue weighted by Gasteiger charge is 2.04. The maximum atomic E-state index is 9.26. The van der Waals surface area contributed by atoms with Crippen molar-refractivity contribution in [1.29, 1.82) is 0 Å². The van der Waals surface area contributed by atoms with Gasteiger partial charge in [0.1, 0.15) is 5.75 Å². The molecule has 0 aliphatic heterocycles. The van der Waals surface area contributed by atoms with Crippen LogP contribution in [0.1, 0.15) is 25.5 Å². The van der Waals surface area contributed by atoms with Crippen molar-refractivity contribution >= 4 is 10.9 Å². The second kappa shape index (κ2) is 3.70. The fourth-order valence-electron chi connectivity index (χ4n) is 1.60. The Morgan fingerprint density at radius 2 is 2.29 bits per heavy atom. The van der Waals surface area contributed by atoms with Crippen LogP contribution in [0.25, 0.3) is 10.9 Å². The molecule has 3 heteroatoms. The lowest BCUT2D eigenvalue weighted by Gasteiger charge is -1.96. The number of aryl methyl sites for hydroxylation is 1.